The minimum atomic E-state index is -4.69. The molecule has 0 radical (unpaired) electrons. The molecule has 17 heteroatoms. The van der Waals surface area contributed by atoms with Crippen LogP contribution in [0.2, 0.25) is 0 Å². The molecule has 13 nitrogen and oxygen atoms in total. The number of alkyl halides is 4. The lowest BCUT2D eigenvalue weighted by Gasteiger charge is -2.38. The number of nitrogens with zero attached hydrogens (tertiary/aromatic N) is 6. The Balaban J connectivity index is 0.892. The zero-order chi connectivity index (χ0) is 40.2. The van der Waals surface area contributed by atoms with E-state index in [1.807, 2.05) is 16.9 Å². The summed E-state index contributed by atoms with van der Waals surface area (Å²) in [5.74, 6) is -1.40. The molecule has 0 bridgehead atoms. The second kappa shape index (κ2) is 15.1. The summed E-state index contributed by atoms with van der Waals surface area (Å²) in [6.07, 6.45) is 0.610. The van der Waals surface area contributed by atoms with Crippen LogP contribution in [0.5, 0.6) is 5.75 Å². The number of fused-ring (bicyclic) bond motifs is 2. The number of carbonyl (C=O) groups excluding carboxylic acids is 3. The summed E-state index contributed by atoms with van der Waals surface area (Å²) in [7, 11) is 3.07. The number of aryl methyl sites for hydroxylation is 1. The number of para-hydroxylation sites is 1. The first-order valence-corrected chi connectivity index (χ1v) is 19.1. The van der Waals surface area contributed by atoms with Gasteiger partial charge in [-0.3, -0.25) is 33.5 Å². The average molecular weight is 791 g/mol. The first kappa shape index (κ1) is 38.3. The van der Waals surface area contributed by atoms with E-state index in [0.29, 0.717) is 41.2 Å². The highest BCUT2D eigenvalue weighted by atomic mass is 19.4. The number of rotatable bonds is 8. The van der Waals surface area contributed by atoms with E-state index in [1.54, 1.807) is 31.3 Å². The lowest BCUT2D eigenvalue weighted by Crippen LogP contribution is -2.44. The number of anilines is 1. The fraction of sp³-hybridized carbons (Fsp3) is 0.450. The lowest BCUT2D eigenvalue weighted by molar-refractivity contribution is -0.141. The van der Waals surface area contributed by atoms with Crippen LogP contribution in [0.15, 0.2) is 59.5 Å². The molecule has 3 amide bonds. The number of halogens is 4. The quantitative estimate of drug-likeness (QED) is 0.146. The van der Waals surface area contributed by atoms with Gasteiger partial charge in [0.25, 0.3) is 5.91 Å². The summed E-state index contributed by atoms with van der Waals surface area (Å²) in [6, 6.07) is 11.3. The number of benzene rings is 2. The Kier molecular flexibility index (Phi) is 10.1. The Labute approximate surface area is 324 Å². The van der Waals surface area contributed by atoms with Crippen LogP contribution in [-0.4, -0.2) is 79.4 Å². The number of carbonyl (C=O) groups is 3. The van der Waals surface area contributed by atoms with E-state index < -0.39 is 41.8 Å². The van der Waals surface area contributed by atoms with Gasteiger partial charge >= 0.3 is 11.9 Å². The van der Waals surface area contributed by atoms with E-state index in [4.69, 9.17) is 9.84 Å². The summed E-state index contributed by atoms with van der Waals surface area (Å²) in [5.41, 5.74) is 0.929. The monoisotopic (exact) mass is 790 g/mol. The van der Waals surface area contributed by atoms with Crippen molar-refractivity contribution in [3.05, 3.63) is 82.2 Å². The molecule has 2 aliphatic heterocycles. The smallest absolute Gasteiger partial charge is 0.433 e. The number of likely N-dealkylation sites (tertiary alicyclic amines) is 1. The van der Waals surface area contributed by atoms with Gasteiger partial charge in [-0.1, -0.05) is 18.2 Å². The van der Waals surface area contributed by atoms with Gasteiger partial charge in [-0.15, -0.1) is 0 Å². The molecule has 5 aromatic rings. The Bertz CT molecular complexity index is 2430. The average Bonchev–Trinajstić information content (AvgIpc) is 3.71. The van der Waals surface area contributed by atoms with Crippen molar-refractivity contribution in [3.8, 4) is 5.75 Å². The van der Waals surface area contributed by atoms with Crippen LogP contribution in [0.25, 0.3) is 21.9 Å². The van der Waals surface area contributed by atoms with Crippen LogP contribution in [0.1, 0.15) is 84.7 Å². The van der Waals surface area contributed by atoms with Gasteiger partial charge in [0.05, 0.1) is 35.4 Å². The van der Waals surface area contributed by atoms with Crippen LogP contribution in [-0.2, 0) is 22.8 Å². The largest absolute Gasteiger partial charge is 0.494 e. The van der Waals surface area contributed by atoms with Gasteiger partial charge in [-0.05, 0) is 80.8 Å². The first-order valence-electron chi connectivity index (χ1n) is 19.1. The molecule has 3 atom stereocenters. The van der Waals surface area contributed by atoms with E-state index >= 15 is 4.39 Å². The third kappa shape index (κ3) is 7.40. The number of pyridine rings is 1. The zero-order valence-corrected chi connectivity index (χ0v) is 31.4. The maximum absolute atomic E-state index is 16.1. The molecule has 5 heterocycles. The third-order valence-corrected chi connectivity index (χ3v) is 11.8. The minimum Gasteiger partial charge on any atom is -0.494 e. The van der Waals surface area contributed by atoms with Crippen LogP contribution < -0.4 is 21.1 Å². The summed E-state index contributed by atoms with van der Waals surface area (Å²) < 4.78 is 66.0. The molecular formula is C40H42F4N8O5. The van der Waals surface area contributed by atoms with Crippen molar-refractivity contribution in [1.82, 2.24) is 34.1 Å². The Hall–Kier alpha value is -5.58. The number of nitrogens with one attached hydrogen (secondary N) is 2. The highest BCUT2D eigenvalue weighted by Crippen LogP contribution is 2.39. The molecular weight excluding hydrogens is 748 g/mol. The Morgan fingerprint density at radius 2 is 1.79 bits per heavy atom. The highest BCUT2D eigenvalue weighted by molar-refractivity contribution is 6.05. The fourth-order valence-electron chi connectivity index (χ4n) is 8.87. The molecule has 2 aromatic carbocycles. The molecule has 1 aliphatic carbocycles. The van der Waals surface area contributed by atoms with Crippen molar-refractivity contribution in [2.24, 2.45) is 13.0 Å². The predicted octanol–water partition coefficient (Wildman–Crippen LogP) is 5.90. The number of piperidine rings is 2. The third-order valence-electron chi connectivity index (χ3n) is 11.8. The second-order valence-electron chi connectivity index (χ2n) is 15.3. The molecule has 3 aromatic heterocycles. The maximum Gasteiger partial charge on any atom is 0.433 e. The molecule has 2 saturated heterocycles. The molecule has 8 rings (SSSR count). The van der Waals surface area contributed by atoms with Crippen molar-refractivity contribution in [3.63, 3.8) is 0 Å². The summed E-state index contributed by atoms with van der Waals surface area (Å²) >= 11 is 0. The number of hydrogen-bond acceptors (Lipinski definition) is 8. The maximum atomic E-state index is 16.1. The zero-order valence-electron chi connectivity index (χ0n) is 31.4. The summed E-state index contributed by atoms with van der Waals surface area (Å²) in [5, 5.41) is 10.5. The molecule has 3 fully saturated rings. The lowest BCUT2D eigenvalue weighted by atomic mass is 9.83. The van der Waals surface area contributed by atoms with Crippen LogP contribution >= 0.6 is 0 Å². The van der Waals surface area contributed by atoms with E-state index in [9.17, 15) is 32.3 Å². The first-order chi connectivity index (χ1) is 27.3. The van der Waals surface area contributed by atoms with Gasteiger partial charge in [-0.2, -0.15) is 18.3 Å². The van der Waals surface area contributed by atoms with Gasteiger partial charge in [0.1, 0.15) is 29.4 Å². The number of amides is 3. The van der Waals surface area contributed by atoms with Gasteiger partial charge < -0.3 is 15.0 Å². The van der Waals surface area contributed by atoms with E-state index in [-0.39, 0.29) is 48.4 Å². The highest BCUT2D eigenvalue weighted by Gasteiger charge is 2.37. The topological polar surface area (TPSA) is 145 Å². The van der Waals surface area contributed by atoms with Crippen LogP contribution in [0, 0.1) is 5.92 Å². The van der Waals surface area contributed by atoms with E-state index in [1.165, 1.54) is 22.3 Å². The van der Waals surface area contributed by atoms with Crippen LogP contribution in [0.3, 0.4) is 0 Å². The number of imide groups is 1. The Morgan fingerprint density at radius 3 is 2.51 bits per heavy atom. The normalized spacial score (nSPS) is 23.5. The molecule has 57 heavy (non-hydrogen) atoms. The summed E-state index contributed by atoms with van der Waals surface area (Å²) in [4.78, 5) is 56.4. The molecule has 3 aliphatic rings. The SMILES string of the molecule is COc1cc2nn(C3CCC(CN4CC[C@@H](c5cccc6c5n(C)c(=O)n6C5CCC(=O)NC5=O)[C@H](F)C4)CC3)cc2cc1NC(=O)c1cccc(C(F)(F)F)n1. The van der Waals surface area contributed by atoms with Crippen molar-refractivity contribution in [1.29, 1.82) is 0 Å². The second-order valence-corrected chi connectivity index (χ2v) is 15.3. The van der Waals surface area contributed by atoms with Gasteiger partial charge in [0, 0.05) is 50.1 Å². The van der Waals surface area contributed by atoms with Gasteiger partial charge in [0.15, 0.2) is 0 Å². The molecule has 2 N–H and O–H groups in total. The number of ether oxygens (including phenoxy) is 1. The Morgan fingerprint density at radius 1 is 1.02 bits per heavy atom. The van der Waals surface area contributed by atoms with Crippen molar-refractivity contribution in [2.75, 3.05) is 32.1 Å². The van der Waals surface area contributed by atoms with E-state index in [0.717, 1.165) is 55.3 Å². The standard InChI is InChI=1S/C40H42F4N8O5/c1-49-36-26(5-3-7-31(36)52(39(49)56)32-13-14-35(53)47-38(32)55)25-15-16-50(21-27(25)41)19-22-9-11-24(12-10-22)51-20-23-17-30(33(57-2)18-29(23)48-51)46-37(54)28-6-4-8-34(45-28)40(42,43)44/h3-8,17-18,20,22,24-25,27,32H,9-16,19,21H2,1-2H3,(H,46,54)(H,47,53,55)/t22?,24?,25-,27+,32?/m0/s1. The van der Waals surface area contributed by atoms with Crippen molar-refractivity contribution >= 4 is 45.3 Å². The van der Waals surface area contributed by atoms with Gasteiger partial charge in [0.2, 0.25) is 11.8 Å². The van der Waals surface area contributed by atoms with Crippen LogP contribution in [0.4, 0.5) is 23.2 Å². The number of imidazole rings is 1. The van der Waals surface area contributed by atoms with Crippen molar-refractivity contribution in [2.45, 2.75) is 75.3 Å². The minimum absolute atomic E-state index is 0.131. The number of hydrogen-bond donors (Lipinski definition) is 2. The molecule has 1 unspecified atom stereocenters. The predicted molar refractivity (Wildman–Crippen MR) is 202 cm³/mol. The fourth-order valence-corrected chi connectivity index (χ4v) is 8.87. The molecule has 0 spiro atoms. The van der Waals surface area contributed by atoms with Crippen molar-refractivity contribution < 1.29 is 36.7 Å². The molecule has 1 saturated carbocycles. The van der Waals surface area contributed by atoms with E-state index in [2.05, 4.69) is 20.5 Å². The van der Waals surface area contributed by atoms with Gasteiger partial charge in [-0.25, -0.2) is 14.2 Å². The molecule has 300 valence electrons. The number of methoxy groups -OCH3 is 1. The summed E-state index contributed by atoms with van der Waals surface area (Å²) in [6.45, 7) is 1.76. The number of aromatic nitrogens is 5.